The van der Waals surface area contributed by atoms with Gasteiger partial charge in [-0.05, 0) is 24.1 Å². The van der Waals surface area contributed by atoms with E-state index in [1.54, 1.807) is 24.3 Å². The number of phenols is 1. The quantitative estimate of drug-likeness (QED) is 0.792. The molecule has 5 heteroatoms. The predicted molar refractivity (Wildman–Crippen MR) is 56.7 cm³/mol. The summed E-state index contributed by atoms with van der Waals surface area (Å²) in [6, 6.07) is 6.61. The summed E-state index contributed by atoms with van der Waals surface area (Å²) < 4.78 is 0. The van der Waals surface area contributed by atoms with Crippen molar-refractivity contribution in [2.75, 3.05) is 0 Å². The standard InChI is InChI=1S/C10H9NO3S/c12-7-3-1-6(2-4-7)5-8-9(13)11-10(14)15-8/h1-4,8,12H,5H2,(H,11,13,14)/t8-/m1/s1. The monoisotopic (exact) mass is 223 g/mol. The number of carbonyl (C=O) groups excluding carboxylic acids is 2. The smallest absolute Gasteiger partial charge is 0.286 e. The van der Waals surface area contributed by atoms with Gasteiger partial charge in [-0.25, -0.2) is 0 Å². The van der Waals surface area contributed by atoms with E-state index in [0.29, 0.717) is 6.42 Å². The van der Waals surface area contributed by atoms with Crippen LogP contribution in [0, 0.1) is 0 Å². The molecule has 1 aliphatic rings. The van der Waals surface area contributed by atoms with E-state index in [0.717, 1.165) is 17.3 Å². The lowest BCUT2D eigenvalue weighted by atomic mass is 10.1. The zero-order valence-corrected chi connectivity index (χ0v) is 8.58. The normalized spacial score (nSPS) is 20.4. The molecular weight excluding hydrogens is 214 g/mol. The summed E-state index contributed by atoms with van der Waals surface area (Å²) in [5, 5.41) is 10.7. The van der Waals surface area contributed by atoms with Gasteiger partial charge in [0.05, 0.1) is 5.25 Å². The predicted octanol–water partition coefficient (Wildman–Crippen LogP) is 1.29. The number of thioether (sulfide) groups is 1. The van der Waals surface area contributed by atoms with Gasteiger partial charge in [-0.15, -0.1) is 0 Å². The maximum atomic E-state index is 11.3. The third-order valence-corrected chi connectivity index (χ3v) is 3.11. The Hall–Kier alpha value is -1.49. The van der Waals surface area contributed by atoms with E-state index >= 15 is 0 Å². The first-order chi connectivity index (χ1) is 7.15. The van der Waals surface area contributed by atoms with Crippen molar-refractivity contribution < 1.29 is 14.7 Å². The maximum Gasteiger partial charge on any atom is 0.286 e. The lowest BCUT2D eigenvalue weighted by Crippen LogP contribution is -2.25. The molecule has 4 nitrogen and oxygen atoms in total. The average Bonchev–Trinajstić information content (AvgIpc) is 2.49. The Labute approximate surface area is 90.7 Å². The molecule has 0 unspecified atom stereocenters. The van der Waals surface area contributed by atoms with Gasteiger partial charge >= 0.3 is 0 Å². The SMILES string of the molecule is O=C1NC(=O)[C@@H](Cc2ccc(O)cc2)S1. The van der Waals surface area contributed by atoms with Crippen molar-refractivity contribution in [3.8, 4) is 5.75 Å². The van der Waals surface area contributed by atoms with Crippen LogP contribution in [-0.2, 0) is 11.2 Å². The summed E-state index contributed by atoms with van der Waals surface area (Å²) >= 11 is 1.01. The number of phenolic OH excluding ortho intramolecular Hbond substituents is 1. The van der Waals surface area contributed by atoms with E-state index in [-0.39, 0.29) is 22.1 Å². The lowest BCUT2D eigenvalue weighted by molar-refractivity contribution is -0.118. The number of carbonyl (C=O) groups is 2. The van der Waals surface area contributed by atoms with Crippen LogP contribution in [0.15, 0.2) is 24.3 Å². The number of hydrogen-bond donors (Lipinski definition) is 2. The highest BCUT2D eigenvalue weighted by Gasteiger charge is 2.31. The van der Waals surface area contributed by atoms with Gasteiger partial charge in [-0.1, -0.05) is 23.9 Å². The third-order valence-electron chi connectivity index (χ3n) is 2.12. The fraction of sp³-hybridized carbons (Fsp3) is 0.200. The van der Waals surface area contributed by atoms with Crippen LogP contribution in [0.2, 0.25) is 0 Å². The molecule has 1 heterocycles. The van der Waals surface area contributed by atoms with Gasteiger partial charge in [0.2, 0.25) is 5.91 Å². The van der Waals surface area contributed by atoms with Gasteiger partial charge in [-0.2, -0.15) is 0 Å². The molecule has 1 fully saturated rings. The van der Waals surface area contributed by atoms with Crippen LogP contribution < -0.4 is 5.32 Å². The second-order valence-corrected chi connectivity index (χ2v) is 4.43. The van der Waals surface area contributed by atoms with Crippen LogP contribution in [0.3, 0.4) is 0 Å². The van der Waals surface area contributed by atoms with Gasteiger partial charge in [0.25, 0.3) is 5.24 Å². The van der Waals surface area contributed by atoms with Crippen LogP contribution in [0.4, 0.5) is 4.79 Å². The molecule has 0 aliphatic carbocycles. The third kappa shape index (κ3) is 2.30. The minimum Gasteiger partial charge on any atom is -0.508 e. The van der Waals surface area contributed by atoms with Crippen molar-refractivity contribution in [2.24, 2.45) is 0 Å². The zero-order valence-electron chi connectivity index (χ0n) is 7.77. The molecule has 0 saturated carbocycles. The molecule has 1 atom stereocenters. The Morgan fingerprint density at radius 2 is 1.93 bits per heavy atom. The van der Waals surface area contributed by atoms with Crippen molar-refractivity contribution in [1.29, 1.82) is 0 Å². The van der Waals surface area contributed by atoms with Gasteiger partial charge in [0.1, 0.15) is 5.75 Å². The highest BCUT2D eigenvalue weighted by molar-refractivity contribution is 8.15. The molecule has 1 aromatic rings. The minimum absolute atomic E-state index is 0.193. The summed E-state index contributed by atoms with van der Waals surface area (Å²) in [5.74, 6) is -0.0450. The van der Waals surface area contributed by atoms with Crippen molar-refractivity contribution in [1.82, 2.24) is 5.32 Å². The first kappa shape index (κ1) is 10.0. The molecule has 0 radical (unpaired) electrons. The molecule has 15 heavy (non-hydrogen) atoms. The fourth-order valence-corrected chi connectivity index (χ4v) is 2.23. The molecule has 2 amide bonds. The number of benzene rings is 1. The van der Waals surface area contributed by atoms with Gasteiger partial charge in [-0.3, -0.25) is 14.9 Å². The summed E-state index contributed by atoms with van der Waals surface area (Å²) in [5.41, 5.74) is 0.926. The van der Waals surface area contributed by atoms with Crippen molar-refractivity contribution in [2.45, 2.75) is 11.7 Å². The molecule has 1 aromatic carbocycles. The Morgan fingerprint density at radius 1 is 1.27 bits per heavy atom. The number of hydrogen-bond acceptors (Lipinski definition) is 4. The fourth-order valence-electron chi connectivity index (χ4n) is 1.37. The Kier molecular flexibility index (Phi) is 2.64. The number of amides is 2. The number of imide groups is 1. The van der Waals surface area contributed by atoms with Gasteiger partial charge in [0, 0.05) is 0 Å². The average molecular weight is 223 g/mol. The van der Waals surface area contributed by atoms with Crippen molar-refractivity contribution in [3.63, 3.8) is 0 Å². The van der Waals surface area contributed by atoms with Crippen LogP contribution in [0.5, 0.6) is 5.75 Å². The zero-order chi connectivity index (χ0) is 10.8. The van der Waals surface area contributed by atoms with E-state index in [4.69, 9.17) is 5.11 Å². The Bertz CT molecular complexity index is 402. The van der Waals surface area contributed by atoms with E-state index in [9.17, 15) is 9.59 Å². The maximum absolute atomic E-state index is 11.3. The van der Waals surface area contributed by atoms with Crippen LogP contribution >= 0.6 is 11.8 Å². The second kappa shape index (κ2) is 3.94. The van der Waals surface area contributed by atoms with E-state index < -0.39 is 0 Å². The van der Waals surface area contributed by atoms with Crippen molar-refractivity contribution in [3.05, 3.63) is 29.8 Å². The molecule has 78 valence electrons. The summed E-state index contributed by atoms with van der Waals surface area (Å²) in [7, 11) is 0. The van der Waals surface area contributed by atoms with Gasteiger partial charge in [0.15, 0.2) is 0 Å². The molecule has 0 aromatic heterocycles. The molecule has 1 aliphatic heterocycles. The summed E-state index contributed by atoms with van der Waals surface area (Å²) in [6.45, 7) is 0. The summed E-state index contributed by atoms with van der Waals surface area (Å²) in [4.78, 5) is 22.2. The van der Waals surface area contributed by atoms with Crippen LogP contribution in [0.25, 0.3) is 0 Å². The second-order valence-electron chi connectivity index (χ2n) is 3.25. The topological polar surface area (TPSA) is 66.4 Å². The molecule has 2 N–H and O–H groups in total. The minimum atomic E-state index is -0.345. The van der Waals surface area contributed by atoms with Crippen LogP contribution in [-0.4, -0.2) is 21.5 Å². The number of aromatic hydroxyl groups is 1. The Morgan fingerprint density at radius 3 is 2.47 bits per heavy atom. The molecule has 0 spiro atoms. The largest absolute Gasteiger partial charge is 0.508 e. The van der Waals surface area contributed by atoms with Crippen LogP contribution in [0.1, 0.15) is 5.56 Å². The molecule has 1 saturated heterocycles. The van der Waals surface area contributed by atoms with Crippen molar-refractivity contribution >= 4 is 22.9 Å². The molecular formula is C10H9NO3S. The number of rotatable bonds is 2. The molecule has 2 rings (SSSR count). The highest BCUT2D eigenvalue weighted by Crippen LogP contribution is 2.23. The van der Waals surface area contributed by atoms with E-state index in [1.165, 1.54) is 0 Å². The lowest BCUT2D eigenvalue weighted by Gasteiger charge is -2.04. The Balaban J connectivity index is 2.06. The number of nitrogens with one attached hydrogen (secondary N) is 1. The van der Waals surface area contributed by atoms with E-state index in [1.807, 2.05) is 0 Å². The van der Waals surface area contributed by atoms with Gasteiger partial charge < -0.3 is 5.11 Å². The van der Waals surface area contributed by atoms with E-state index in [2.05, 4.69) is 5.32 Å². The molecule has 0 bridgehead atoms. The first-order valence-corrected chi connectivity index (χ1v) is 5.32. The highest BCUT2D eigenvalue weighted by atomic mass is 32.2. The first-order valence-electron chi connectivity index (χ1n) is 4.44. The summed E-state index contributed by atoms with van der Waals surface area (Å²) in [6.07, 6.45) is 0.502.